The fraction of sp³-hybridized carbons (Fsp3) is 0.417. The number of aromatic nitrogens is 2. The molecule has 3 aromatic rings. The molecule has 0 bridgehead atoms. The van der Waals surface area contributed by atoms with E-state index >= 15 is 0 Å². The van der Waals surface area contributed by atoms with E-state index in [4.69, 9.17) is 32.9 Å². The molecule has 4 rings (SSSR count). The highest BCUT2D eigenvalue weighted by molar-refractivity contribution is 7.89. The van der Waals surface area contributed by atoms with Gasteiger partial charge < -0.3 is 14.6 Å². The number of rotatable bonds is 9. The van der Waals surface area contributed by atoms with Gasteiger partial charge in [-0.3, -0.25) is 4.79 Å². The monoisotopic (exact) mass is 538 g/mol. The van der Waals surface area contributed by atoms with Crippen LogP contribution in [0.5, 0.6) is 0 Å². The van der Waals surface area contributed by atoms with Crippen LogP contribution in [0, 0.1) is 0 Å². The Morgan fingerprint density at radius 1 is 1.14 bits per heavy atom. The number of halogens is 2. The maximum absolute atomic E-state index is 13.1. The van der Waals surface area contributed by atoms with E-state index in [2.05, 4.69) is 16.8 Å². The number of nitrogens with one attached hydrogen (secondary N) is 1. The normalized spacial score (nSPS) is 14.9. The number of carbonyl (C=O) groups is 1. The fourth-order valence-corrected chi connectivity index (χ4v) is 6.00. The van der Waals surface area contributed by atoms with Crippen molar-refractivity contribution in [2.75, 3.05) is 26.3 Å². The van der Waals surface area contributed by atoms with Crippen LogP contribution in [0.3, 0.4) is 0 Å². The molecular weight excluding hydrogens is 511 g/mol. The second kappa shape index (κ2) is 11.3. The molecule has 0 unspecified atom stereocenters. The first kappa shape index (κ1) is 25.9. The summed E-state index contributed by atoms with van der Waals surface area (Å²) in [6.45, 7) is 4.56. The zero-order valence-corrected chi connectivity index (χ0v) is 21.8. The standard InChI is InChI=1S/C24H28Cl2N4O4S/c1-2-9-30-22-6-5-19(35(32,33)29-10-12-34-13-11-29)15-21(22)28-23(30)7-8-24(31)27-16-17-3-4-18(25)14-20(17)26/h3-6,14-15H,2,7-13,16H2,1H3,(H,27,31). The maximum Gasteiger partial charge on any atom is 0.243 e. The molecule has 0 atom stereocenters. The summed E-state index contributed by atoms with van der Waals surface area (Å²) in [7, 11) is -3.61. The van der Waals surface area contributed by atoms with Gasteiger partial charge in [0.05, 0.1) is 29.1 Å². The topological polar surface area (TPSA) is 93.5 Å². The van der Waals surface area contributed by atoms with Crippen molar-refractivity contribution in [1.82, 2.24) is 19.2 Å². The lowest BCUT2D eigenvalue weighted by molar-refractivity contribution is -0.121. The Labute approximate surface area is 215 Å². The average Bonchev–Trinajstić information content (AvgIpc) is 3.19. The van der Waals surface area contributed by atoms with Crippen molar-refractivity contribution in [3.63, 3.8) is 0 Å². The van der Waals surface area contributed by atoms with E-state index in [1.54, 1.807) is 36.4 Å². The molecule has 2 aromatic carbocycles. The number of hydrogen-bond donors (Lipinski definition) is 1. The second-order valence-corrected chi connectivity index (χ2v) is 11.1. The summed E-state index contributed by atoms with van der Waals surface area (Å²) in [5.74, 6) is 0.629. The van der Waals surface area contributed by atoms with Gasteiger partial charge in [0.2, 0.25) is 15.9 Å². The lowest BCUT2D eigenvalue weighted by Crippen LogP contribution is -2.40. The number of morpholine rings is 1. The SMILES string of the molecule is CCCn1c(CCC(=O)NCc2ccc(Cl)cc2Cl)nc2cc(S(=O)(=O)N3CCOCC3)ccc21. The van der Waals surface area contributed by atoms with Crippen LogP contribution in [0.1, 0.15) is 31.2 Å². The molecule has 0 aliphatic carbocycles. The lowest BCUT2D eigenvalue weighted by Gasteiger charge is -2.26. The van der Waals surface area contributed by atoms with Crippen molar-refractivity contribution in [3.05, 3.63) is 57.8 Å². The third-order valence-corrected chi connectivity index (χ3v) is 8.40. The molecule has 188 valence electrons. The number of aryl methyl sites for hydroxylation is 2. The van der Waals surface area contributed by atoms with E-state index in [0.717, 1.165) is 29.9 Å². The number of fused-ring (bicyclic) bond motifs is 1. The number of nitrogens with zero attached hydrogens (tertiary/aromatic N) is 3. The zero-order valence-electron chi connectivity index (χ0n) is 19.5. The number of hydrogen-bond acceptors (Lipinski definition) is 5. The molecule has 0 radical (unpaired) electrons. The van der Waals surface area contributed by atoms with Gasteiger partial charge >= 0.3 is 0 Å². The molecule has 1 aromatic heterocycles. The molecule has 35 heavy (non-hydrogen) atoms. The highest BCUT2D eigenvalue weighted by Crippen LogP contribution is 2.25. The summed E-state index contributed by atoms with van der Waals surface area (Å²) in [4.78, 5) is 17.4. The molecule has 1 saturated heterocycles. The number of sulfonamides is 1. The summed E-state index contributed by atoms with van der Waals surface area (Å²) in [5.41, 5.74) is 2.25. The van der Waals surface area contributed by atoms with Crippen LogP contribution in [0.4, 0.5) is 0 Å². The summed E-state index contributed by atoms with van der Waals surface area (Å²) in [6.07, 6.45) is 1.56. The Kier molecular flexibility index (Phi) is 8.34. The van der Waals surface area contributed by atoms with Crippen LogP contribution in [0.2, 0.25) is 10.0 Å². The molecule has 1 aliphatic heterocycles. The van der Waals surface area contributed by atoms with Crippen molar-refractivity contribution < 1.29 is 17.9 Å². The number of carbonyl (C=O) groups excluding carboxylic acids is 1. The van der Waals surface area contributed by atoms with E-state index in [0.29, 0.717) is 54.8 Å². The minimum Gasteiger partial charge on any atom is -0.379 e. The van der Waals surface area contributed by atoms with Crippen molar-refractivity contribution in [3.8, 4) is 0 Å². The number of ether oxygens (including phenoxy) is 1. The Hall–Kier alpha value is -2.17. The van der Waals surface area contributed by atoms with E-state index in [9.17, 15) is 13.2 Å². The van der Waals surface area contributed by atoms with Crippen LogP contribution >= 0.6 is 23.2 Å². The largest absolute Gasteiger partial charge is 0.379 e. The molecule has 1 aliphatic rings. The van der Waals surface area contributed by atoms with E-state index < -0.39 is 10.0 Å². The van der Waals surface area contributed by atoms with Crippen LogP contribution in [0.15, 0.2) is 41.3 Å². The minimum atomic E-state index is -3.61. The summed E-state index contributed by atoms with van der Waals surface area (Å²) in [5, 5.41) is 3.93. The predicted molar refractivity (Wildman–Crippen MR) is 136 cm³/mol. The highest BCUT2D eigenvalue weighted by atomic mass is 35.5. The number of benzene rings is 2. The molecule has 1 amide bonds. The Balaban J connectivity index is 1.48. The molecule has 0 spiro atoms. The Bertz CT molecular complexity index is 1320. The molecular formula is C24H28Cl2N4O4S. The van der Waals surface area contributed by atoms with E-state index in [1.165, 1.54) is 4.31 Å². The van der Waals surface area contributed by atoms with Gasteiger partial charge in [-0.15, -0.1) is 0 Å². The molecule has 1 fully saturated rings. The van der Waals surface area contributed by atoms with Gasteiger partial charge in [0.1, 0.15) is 5.82 Å². The molecule has 11 heteroatoms. The molecule has 0 saturated carbocycles. The first-order chi connectivity index (χ1) is 16.8. The van der Waals surface area contributed by atoms with Crippen molar-refractivity contribution in [2.45, 2.75) is 44.2 Å². The first-order valence-corrected chi connectivity index (χ1v) is 13.8. The molecule has 8 nitrogen and oxygen atoms in total. The van der Waals surface area contributed by atoms with Gasteiger partial charge in [-0.1, -0.05) is 36.2 Å². The van der Waals surface area contributed by atoms with Crippen molar-refractivity contribution >= 4 is 50.2 Å². The Morgan fingerprint density at radius 2 is 1.91 bits per heavy atom. The number of imidazole rings is 1. The smallest absolute Gasteiger partial charge is 0.243 e. The van der Waals surface area contributed by atoms with Gasteiger partial charge in [-0.2, -0.15) is 4.31 Å². The third-order valence-electron chi connectivity index (χ3n) is 5.92. The third kappa shape index (κ3) is 5.98. The van der Waals surface area contributed by atoms with Crippen LogP contribution in [-0.4, -0.2) is 54.5 Å². The van der Waals surface area contributed by atoms with Crippen LogP contribution in [-0.2, 0) is 39.1 Å². The van der Waals surface area contributed by atoms with Gasteiger partial charge in [-0.25, -0.2) is 13.4 Å². The summed E-state index contributed by atoms with van der Waals surface area (Å²) >= 11 is 12.1. The minimum absolute atomic E-state index is 0.123. The van der Waals surface area contributed by atoms with E-state index in [1.807, 2.05) is 0 Å². The second-order valence-electron chi connectivity index (χ2n) is 8.36. The highest BCUT2D eigenvalue weighted by Gasteiger charge is 2.27. The van der Waals surface area contributed by atoms with Gasteiger partial charge in [0, 0.05) is 49.1 Å². The Morgan fingerprint density at radius 3 is 2.63 bits per heavy atom. The quantitative estimate of drug-likeness (QED) is 0.444. The summed E-state index contributed by atoms with van der Waals surface area (Å²) < 4.78 is 34.9. The van der Waals surface area contributed by atoms with Crippen molar-refractivity contribution in [1.29, 1.82) is 0 Å². The maximum atomic E-state index is 13.1. The average molecular weight is 539 g/mol. The lowest BCUT2D eigenvalue weighted by atomic mass is 10.2. The fourth-order valence-electron chi connectivity index (χ4n) is 4.09. The number of amides is 1. The van der Waals surface area contributed by atoms with Crippen molar-refractivity contribution in [2.24, 2.45) is 0 Å². The van der Waals surface area contributed by atoms with Gasteiger partial charge in [0.15, 0.2) is 0 Å². The zero-order chi connectivity index (χ0) is 25.0. The molecule has 1 N–H and O–H groups in total. The van der Waals surface area contributed by atoms with Crippen LogP contribution < -0.4 is 5.32 Å². The molecule has 2 heterocycles. The van der Waals surface area contributed by atoms with Crippen LogP contribution in [0.25, 0.3) is 11.0 Å². The van der Waals surface area contributed by atoms with E-state index in [-0.39, 0.29) is 17.2 Å². The van der Waals surface area contributed by atoms with Gasteiger partial charge in [0.25, 0.3) is 0 Å². The van der Waals surface area contributed by atoms with Gasteiger partial charge in [-0.05, 0) is 42.3 Å². The summed E-state index contributed by atoms with van der Waals surface area (Å²) in [6, 6.07) is 10.2. The first-order valence-electron chi connectivity index (χ1n) is 11.6. The predicted octanol–water partition coefficient (Wildman–Crippen LogP) is 4.02.